The molecular formula is C18H17N3O5. The van der Waals surface area contributed by atoms with Gasteiger partial charge in [0.05, 0.1) is 4.92 Å². The van der Waals surface area contributed by atoms with Gasteiger partial charge in [0.2, 0.25) is 5.91 Å². The Bertz CT molecular complexity index is 864. The van der Waals surface area contributed by atoms with E-state index in [1.54, 1.807) is 11.0 Å². The van der Waals surface area contributed by atoms with E-state index >= 15 is 0 Å². The van der Waals surface area contributed by atoms with Gasteiger partial charge in [-0.3, -0.25) is 19.7 Å². The second kappa shape index (κ2) is 7.22. The van der Waals surface area contributed by atoms with Crippen LogP contribution in [0.25, 0.3) is 0 Å². The first-order valence-electron chi connectivity index (χ1n) is 8.02. The summed E-state index contributed by atoms with van der Waals surface area (Å²) in [6.45, 7) is 1.96. The summed E-state index contributed by atoms with van der Waals surface area (Å²) in [5, 5.41) is 13.3. The van der Waals surface area contributed by atoms with E-state index in [1.807, 2.05) is 12.1 Å². The van der Waals surface area contributed by atoms with Crippen LogP contribution in [-0.2, 0) is 16.0 Å². The number of nitrogens with zero attached hydrogens (tertiary/aromatic N) is 2. The molecule has 1 N–H and O–H groups in total. The van der Waals surface area contributed by atoms with Crippen LogP contribution in [0.1, 0.15) is 12.5 Å². The van der Waals surface area contributed by atoms with Gasteiger partial charge in [0, 0.05) is 37.0 Å². The number of anilines is 2. The molecule has 134 valence electrons. The smallest absolute Gasteiger partial charge is 0.269 e. The second-order valence-corrected chi connectivity index (χ2v) is 5.85. The highest BCUT2D eigenvalue weighted by atomic mass is 16.6. The molecule has 26 heavy (non-hydrogen) atoms. The largest absolute Gasteiger partial charge is 0.484 e. The van der Waals surface area contributed by atoms with Crippen LogP contribution in [0.4, 0.5) is 17.1 Å². The van der Waals surface area contributed by atoms with E-state index in [4.69, 9.17) is 4.74 Å². The van der Waals surface area contributed by atoms with Crippen LogP contribution >= 0.6 is 0 Å². The number of fused-ring (bicyclic) bond motifs is 1. The summed E-state index contributed by atoms with van der Waals surface area (Å²) < 4.78 is 5.33. The third-order valence-electron chi connectivity index (χ3n) is 4.06. The molecule has 0 fully saturated rings. The van der Waals surface area contributed by atoms with Crippen molar-refractivity contribution >= 4 is 28.9 Å². The molecule has 2 aromatic rings. The van der Waals surface area contributed by atoms with E-state index in [0.717, 1.165) is 17.7 Å². The summed E-state index contributed by atoms with van der Waals surface area (Å²) in [5.74, 6) is 0.0264. The predicted molar refractivity (Wildman–Crippen MR) is 95.4 cm³/mol. The molecule has 3 rings (SSSR count). The molecule has 1 aliphatic rings. The van der Waals surface area contributed by atoms with Gasteiger partial charge in [-0.05, 0) is 42.3 Å². The molecule has 1 aliphatic heterocycles. The maximum Gasteiger partial charge on any atom is 0.269 e. The second-order valence-electron chi connectivity index (χ2n) is 5.85. The number of non-ortho nitro benzene ring substituents is 1. The van der Waals surface area contributed by atoms with Gasteiger partial charge in [-0.1, -0.05) is 0 Å². The molecule has 0 saturated carbocycles. The van der Waals surface area contributed by atoms with Crippen molar-refractivity contribution in [3.8, 4) is 5.75 Å². The van der Waals surface area contributed by atoms with Crippen LogP contribution < -0.4 is 15.0 Å². The number of ether oxygens (including phenoxy) is 1. The van der Waals surface area contributed by atoms with Crippen molar-refractivity contribution in [3.05, 3.63) is 58.1 Å². The topological polar surface area (TPSA) is 102 Å². The molecule has 1 heterocycles. The van der Waals surface area contributed by atoms with Gasteiger partial charge in [0.1, 0.15) is 5.75 Å². The molecule has 0 saturated heterocycles. The third-order valence-corrected chi connectivity index (χ3v) is 4.06. The molecule has 0 atom stereocenters. The van der Waals surface area contributed by atoms with E-state index in [1.165, 1.54) is 31.2 Å². The number of benzene rings is 2. The highest BCUT2D eigenvalue weighted by Gasteiger charge is 2.22. The van der Waals surface area contributed by atoms with E-state index in [9.17, 15) is 19.7 Å². The fourth-order valence-electron chi connectivity index (χ4n) is 2.82. The molecule has 0 radical (unpaired) electrons. The third kappa shape index (κ3) is 3.80. The number of amides is 2. The van der Waals surface area contributed by atoms with E-state index < -0.39 is 4.92 Å². The molecular weight excluding hydrogens is 338 g/mol. The molecule has 8 nitrogen and oxygen atoms in total. The molecule has 2 amide bonds. The summed E-state index contributed by atoms with van der Waals surface area (Å²) in [5.41, 5.74) is 2.47. The summed E-state index contributed by atoms with van der Waals surface area (Å²) in [6, 6.07) is 10.9. The van der Waals surface area contributed by atoms with Crippen molar-refractivity contribution in [1.82, 2.24) is 0 Å². The molecule has 0 aliphatic carbocycles. The van der Waals surface area contributed by atoms with Gasteiger partial charge < -0.3 is 15.0 Å². The summed E-state index contributed by atoms with van der Waals surface area (Å²) in [7, 11) is 0. The van der Waals surface area contributed by atoms with Crippen LogP contribution in [-0.4, -0.2) is 29.9 Å². The minimum Gasteiger partial charge on any atom is -0.484 e. The highest BCUT2D eigenvalue weighted by Crippen LogP contribution is 2.30. The molecule has 0 bridgehead atoms. The maximum absolute atomic E-state index is 12.0. The Hall–Kier alpha value is -3.42. The lowest BCUT2D eigenvalue weighted by molar-refractivity contribution is -0.384. The number of carbonyl (C=O) groups excluding carboxylic acids is 2. The predicted octanol–water partition coefficient (Wildman–Crippen LogP) is 2.52. The Morgan fingerprint density at radius 2 is 1.96 bits per heavy atom. The van der Waals surface area contributed by atoms with Crippen LogP contribution in [0, 0.1) is 10.1 Å². The van der Waals surface area contributed by atoms with E-state index in [-0.39, 0.29) is 24.1 Å². The Morgan fingerprint density at radius 3 is 2.62 bits per heavy atom. The molecule has 0 unspecified atom stereocenters. The van der Waals surface area contributed by atoms with Crippen molar-refractivity contribution in [2.24, 2.45) is 0 Å². The van der Waals surface area contributed by atoms with Crippen LogP contribution in [0.2, 0.25) is 0 Å². The Balaban J connectivity index is 1.57. The molecule has 0 spiro atoms. The Kier molecular flexibility index (Phi) is 4.83. The molecule has 2 aromatic carbocycles. The van der Waals surface area contributed by atoms with Gasteiger partial charge in [0.25, 0.3) is 11.6 Å². The van der Waals surface area contributed by atoms with Crippen molar-refractivity contribution < 1.29 is 19.2 Å². The zero-order valence-electron chi connectivity index (χ0n) is 14.1. The Labute approximate surface area is 149 Å². The number of carbonyl (C=O) groups is 2. The first kappa shape index (κ1) is 17.4. The lowest BCUT2D eigenvalue weighted by atomic mass is 10.1. The summed E-state index contributed by atoms with van der Waals surface area (Å²) >= 11 is 0. The molecule has 0 aromatic heterocycles. The van der Waals surface area contributed by atoms with Crippen LogP contribution in [0.15, 0.2) is 42.5 Å². The van der Waals surface area contributed by atoms with Gasteiger partial charge >= 0.3 is 0 Å². The Morgan fingerprint density at radius 1 is 1.23 bits per heavy atom. The lowest BCUT2D eigenvalue weighted by Crippen LogP contribution is -2.25. The van der Waals surface area contributed by atoms with Crippen LogP contribution in [0.5, 0.6) is 5.75 Å². The van der Waals surface area contributed by atoms with Gasteiger partial charge in [0.15, 0.2) is 6.61 Å². The quantitative estimate of drug-likeness (QED) is 0.656. The number of nitro groups is 1. The summed E-state index contributed by atoms with van der Waals surface area (Å²) in [4.78, 5) is 35.4. The zero-order chi connectivity index (χ0) is 18.7. The standard InChI is InChI=1S/C18H17N3O5/c1-12(22)20-9-8-13-10-14(2-7-17(13)20)19-18(23)11-26-16-5-3-15(4-6-16)21(24)25/h2-7,10H,8-9,11H2,1H3,(H,19,23). The average Bonchev–Trinajstić information content (AvgIpc) is 3.03. The first-order valence-corrected chi connectivity index (χ1v) is 8.02. The fraction of sp³-hybridized carbons (Fsp3) is 0.222. The number of hydrogen-bond acceptors (Lipinski definition) is 5. The summed E-state index contributed by atoms with van der Waals surface area (Å²) in [6.07, 6.45) is 0.748. The van der Waals surface area contributed by atoms with Crippen molar-refractivity contribution in [2.45, 2.75) is 13.3 Å². The average molecular weight is 355 g/mol. The monoisotopic (exact) mass is 355 g/mol. The highest BCUT2D eigenvalue weighted by molar-refractivity contribution is 5.95. The SMILES string of the molecule is CC(=O)N1CCc2cc(NC(=O)COc3ccc([N+](=O)[O-])cc3)ccc21. The van der Waals surface area contributed by atoms with Crippen LogP contribution in [0.3, 0.4) is 0 Å². The molecule has 8 heteroatoms. The van der Waals surface area contributed by atoms with E-state index in [0.29, 0.717) is 18.0 Å². The van der Waals surface area contributed by atoms with Crippen molar-refractivity contribution in [2.75, 3.05) is 23.4 Å². The maximum atomic E-state index is 12.0. The first-order chi connectivity index (χ1) is 12.4. The number of rotatable bonds is 5. The van der Waals surface area contributed by atoms with E-state index in [2.05, 4.69) is 5.32 Å². The zero-order valence-corrected chi connectivity index (χ0v) is 14.1. The minimum atomic E-state index is -0.502. The van der Waals surface area contributed by atoms with Gasteiger partial charge in [-0.15, -0.1) is 0 Å². The van der Waals surface area contributed by atoms with Gasteiger partial charge in [-0.25, -0.2) is 0 Å². The number of nitro benzene ring substituents is 1. The fourth-order valence-corrected chi connectivity index (χ4v) is 2.82. The van der Waals surface area contributed by atoms with Gasteiger partial charge in [-0.2, -0.15) is 0 Å². The number of nitrogens with one attached hydrogen (secondary N) is 1. The lowest BCUT2D eigenvalue weighted by Gasteiger charge is -2.15. The number of hydrogen-bond donors (Lipinski definition) is 1. The minimum absolute atomic E-state index is 0.00275. The van der Waals surface area contributed by atoms with Crippen molar-refractivity contribution in [1.29, 1.82) is 0 Å². The normalized spacial score (nSPS) is 12.4. The van der Waals surface area contributed by atoms with Crippen molar-refractivity contribution in [3.63, 3.8) is 0 Å².